The number of urea groups is 1. The van der Waals surface area contributed by atoms with Gasteiger partial charge in [-0.25, -0.2) is 27.4 Å². The molecule has 1 N–H and O–H groups in total. The van der Waals surface area contributed by atoms with Gasteiger partial charge in [-0.15, -0.1) is 0 Å². The van der Waals surface area contributed by atoms with Crippen LogP contribution in [0.2, 0.25) is 0 Å². The van der Waals surface area contributed by atoms with Crippen LogP contribution in [0.25, 0.3) is 0 Å². The zero-order valence-corrected chi connectivity index (χ0v) is 19.2. The topological polar surface area (TPSA) is 55.9 Å². The van der Waals surface area contributed by atoms with Crippen LogP contribution in [0, 0.1) is 30.2 Å². The van der Waals surface area contributed by atoms with E-state index in [0.29, 0.717) is 34.6 Å². The molecule has 6 nitrogen and oxygen atoms in total. The summed E-state index contributed by atoms with van der Waals surface area (Å²) in [6.45, 7) is 1.04. The molecule has 35 heavy (non-hydrogen) atoms. The second-order valence-corrected chi connectivity index (χ2v) is 8.20. The van der Waals surface area contributed by atoms with Gasteiger partial charge in [-0.2, -0.15) is 0 Å². The molecule has 0 unspecified atom stereocenters. The quantitative estimate of drug-likeness (QED) is 0.522. The number of hydrazine groups is 1. The highest BCUT2D eigenvalue weighted by atomic mass is 19.1. The van der Waals surface area contributed by atoms with Crippen molar-refractivity contribution in [3.63, 3.8) is 0 Å². The third-order valence-corrected chi connectivity index (χ3v) is 5.97. The first-order valence-corrected chi connectivity index (χ1v) is 10.7. The molecule has 4 rings (SSSR count). The molecule has 0 saturated heterocycles. The summed E-state index contributed by atoms with van der Waals surface area (Å²) in [7, 11) is 3.23. The zero-order chi connectivity index (χ0) is 25.4. The minimum atomic E-state index is -1.12. The number of rotatable bonds is 5. The molecule has 0 spiro atoms. The van der Waals surface area contributed by atoms with E-state index in [1.165, 1.54) is 22.0 Å². The van der Waals surface area contributed by atoms with Gasteiger partial charge >= 0.3 is 6.03 Å². The van der Waals surface area contributed by atoms with Gasteiger partial charge in [0.15, 0.2) is 0 Å². The first-order chi connectivity index (χ1) is 16.6. The van der Waals surface area contributed by atoms with E-state index in [2.05, 4.69) is 5.32 Å². The van der Waals surface area contributed by atoms with Crippen LogP contribution in [0.3, 0.4) is 0 Å². The van der Waals surface area contributed by atoms with Gasteiger partial charge in [-0.3, -0.25) is 14.7 Å². The van der Waals surface area contributed by atoms with E-state index in [9.17, 15) is 27.2 Å². The third kappa shape index (κ3) is 4.51. The molecule has 10 heteroatoms. The number of hydrogen-bond acceptors (Lipinski definition) is 3. The van der Waals surface area contributed by atoms with Gasteiger partial charge in [0.1, 0.15) is 23.3 Å². The zero-order valence-electron chi connectivity index (χ0n) is 19.2. The summed E-state index contributed by atoms with van der Waals surface area (Å²) in [6.07, 6.45) is 0. The molecule has 0 atom stereocenters. The highest BCUT2D eigenvalue weighted by Crippen LogP contribution is 2.36. The molecule has 0 aromatic heterocycles. The first kappa shape index (κ1) is 24.1. The van der Waals surface area contributed by atoms with E-state index >= 15 is 0 Å². The maximum atomic E-state index is 14.7. The van der Waals surface area contributed by atoms with Crippen molar-refractivity contribution in [1.82, 2.24) is 10.3 Å². The number of amides is 3. The molecule has 0 aliphatic carbocycles. The predicted molar refractivity (Wildman–Crippen MR) is 123 cm³/mol. The Bertz CT molecular complexity index is 1310. The predicted octanol–water partition coefficient (Wildman–Crippen LogP) is 4.90. The Morgan fingerprint density at radius 2 is 1.60 bits per heavy atom. The van der Waals surface area contributed by atoms with Crippen LogP contribution in [0.15, 0.2) is 48.5 Å². The van der Waals surface area contributed by atoms with Crippen molar-refractivity contribution < 1.29 is 27.2 Å². The van der Waals surface area contributed by atoms with Crippen LogP contribution in [0.4, 0.5) is 33.7 Å². The fraction of sp³-hybridized carbons (Fsp3) is 0.200. The molecule has 3 aromatic rings. The monoisotopic (exact) mass is 486 g/mol. The fourth-order valence-electron chi connectivity index (χ4n) is 3.89. The Hall–Kier alpha value is -4.08. The average Bonchev–Trinajstić information content (AvgIpc) is 2.81. The number of hydrogen-bond donors (Lipinski definition) is 1. The van der Waals surface area contributed by atoms with E-state index in [1.54, 1.807) is 50.3 Å². The van der Waals surface area contributed by atoms with Gasteiger partial charge in [-0.1, -0.05) is 18.2 Å². The van der Waals surface area contributed by atoms with E-state index in [-0.39, 0.29) is 12.1 Å². The number of aryl methyl sites for hydroxylation is 1. The Morgan fingerprint density at radius 3 is 2.29 bits per heavy atom. The third-order valence-electron chi connectivity index (χ3n) is 5.97. The van der Waals surface area contributed by atoms with Crippen LogP contribution < -0.4 is 15.2 Å². The van der Waals surface area contributed by atoms with Gasteiger partial charge < -0.3 is 5.32 Å². The first-order valence-electron chi connectivity index (χ1n) is 10.7. The fourth-order valence-corrected chi connectivity index (χ4v) is 3.89. The number of benzene rings is 3. The lowest BCUT2D eigenvalue weighted by Crippen LogP contribution is -2.53. The minimum absolute atomic E-state index is 0.0748. The number of carbonyl (C=O) groups is 2. The second-order valence-electron chi connectivity index (χ2n) is 8.20. The van der Waals surface area contributed by atoms with Crippen molar-refractivity contribution in [2.75, 3.05) is 24.0 Å². The van der Waals surface area contributed by atoms with E-state index < -0.39 is 47.3 Å². The number of anilines is 2. The normalized spacial score (nSPS) is 13.2. The highest BCUT2D eigenvalue weighted by molar-refractivity contribution is 6.03. The molecule has 0 bridgehead atoms. The van der Waals surface area contributed by atoms with E-state index in [1.807, 2.05) is 0 Å². The Kier molecular flexibility index (Phi) is 6.38. The van der Waals surface area contributed by atoms with Crippen molar-refractivity contribution >= 4 is 23.3 Å². The van der Waals surface area contributed by atoms with Crippen molar-refractivity contribution in [2.45, 2.75) is 20.0 Å². The summed E-state index contributed by atoms with van der Waals surface area (Å²) in [5.41, 5.74) is 1.33. The maximum absolute atomic E-state index is 14.7. The van der Waals surface area contributed by atoms with Crippen molar-refractivity contribution in [3.8, 4) is 0 Å². The summed E-state index contributed by atoms with van der Waals surface area (Å²) >= 11 is 0. The van der Waals surface area contributed by atoms with Crippen molar-refractivity contribution in [1.29, 1.82) is 0 Å². The van der Waals surface area contributed by atoms with Gasteiger partial charge in [0.05, 0.1) is 17.9 Å². The lowest BCUT2D eigenvalue weighted by atomic mass is 10.1. The Labute approximate surface area is 199 Å². The van der Waals surface area contributed by atoms with E-state index in [0.717, 1.165) is 0 Å². The van der Waals surface area contributed by atoms with Crippen LogP contribution in [-0.2, 0) is 13.1 Å². The molecule has 1 heterocycles. The molecule has 3 aromatic carbocycles. The van der Waals surface area contributed by atoms with Crippen molar-refractivity contribution in [2.24, 2.45) is 0 Å². The largest absolute Gasteiger partial charge is 0.348 e. The van der Waals surface area contributed by atoms with Gasteiger partial charge in [0, 0.05) is 49.5 Å². The van der Waals surface area contributed by atoms with Crippen LogP contribution in [0.5, 0.6) is 0 Å². The summed E-state index contributed by atoms with van der Waals surface area (Å²) in [5, 5.41) is 5.35. The van der Waals surface area contributed by atoms with Crippen LogP contribution >= 0.6 is 0 Å². The van der Waals surface area contributed by atoms with Gasteiger partial charge in [0.2, 0.25) is 0 Å². The Morgan fingerprint density at radius 1 is 0.914 bits per heavy atom. The van der Waals surface area contributed by atoms with Crippen LogP contribution in [-0.4, -0.2) is 31.0 Å². The summed E-state index contributed by atoms with van der Waals surface area (Å²) in [6, 6.07) is 10.1. The second kappa shape index (κ2) is 9.28. The minimum Gasteiger partial charge on any atom is -0.348 e. The summed E-state index contributed by atoms with van der Waals surface area (Å²) < 4.78 is 55.6. The van der Waals surface area contributed by atoms with Crippen LogP contribution in [0.1, 0.15) is 27.0 Å². The average molecular weight is 486 g/mol. The molecule has 1 aliphatic rings. The number of nitrogens with one attached hydrogen (secondary N) is 1. The van der Waals surface area contributed by atoms with Gasteiger partial charge in [-0.05, 0) is 30.7 Å². The number of nitrogens with zero attached hydrogens (tertiary/aromatic N) is 3. The SMILES string of the molecule is Cc1cccc(CN2C(=O)N(C)N(C)c3ccc(C(=O)NCc4c(F)cc(F)cc4F)cc32)c1F. The molecule has 3 amide bonds. The molecule has 0 fully saturated rings. The molecule has 1 aliphatic heterocycles. The van der Waals surface area contributed by atoms with Crippen molar-refractivity contribution in [3.05, 3.63) is 94.1 Å². The van der Waals surface area contributed by atoms with Gasteiger partial charge in [0.25, 0.3) is 5.91 Å². The van der Waals surface area contributed by atoms with E-state index in [4.69, 9.17) is 0 Å². The molecule has 0 saturated carbocycles. The molecule has 0 radical (unpaired) electrons. The number of carbonyl (C=O) groups excluding carboxylic acids is 2. The highest BCUT2D eigenvalue weighted by Gasteiger charge is 2.33. The number of fused-ring (bicyclic) bond motifs is 1. The molecular formula is C25H22F4N4O2. The molecule has 182 valence electrons. The summed E-state index contributed by atoms with van der Waals surface area (Å²) in [4.78, 5) is 27.2. The lowest BCUT2D eigenvalue weighted by molar-refractivity contribution is 0.0950. The maximum Gasteiger partial charge on any atom is 0.343 e. The standard InChI is InChI=1S/C25H22F4N4O2/c1-14-5-4-6-16(23(14)29)13-33-22-9-15(7-8-21(22)31(2)32(3)25(33)35)24(34)30-12-18-19(27)10-17(26)11-20(18)28/h4-11H,12-13H2,1-3H3,(H,30,34). The summed E-state index contributed by atoms with van der Waals surface area (Å²) in [5.74, 6) is -4.38. The Balaban J connectivity index is 1.64. The lowest BCUT2D eigenvalue weighted by Gasteiger charge is -2.42. The molecular weight excluding hydrogens is 464 g/mol. The smallest absolute Gasteiger partial charge is 0.343 e. The number of halogens is 4.